The van der Waals surface area contributed by atoms with Crippen molar-refractivity contribution in [1.82, 2.24) is 19.9 Å². The van der Waals surface area contributed by atoms with Crippen LogP contribution in [0.3, 0.4) is 0 Å². The summed E-state index contributed by atoms with van der Waals surface area (Å²) < 4.78 is 1.77. The third-order valence-corrected chi connectivity index (χ3v) is 4.81. The van der Waals surface area contributed by atoms with E-state index in [0.29, 0.717) is 36.4 Å². The normalized spacial score (nSPS) is 11.6. The smallest absolute Gasteiger partial charge is 0.328 e. The molecule has 23 heavy (non-hydrogen) atoms. The van der Waals surface area contributed by atoms with Crippen molar-refractivity contribution in [3.8, 4) is 0 Å². The lowest BCUT2D eigenvalue weighted by atomic mass is 10.1. The lowest BCUT2D eigenvalue weighted by Crippen LogP contribution is -2.38. The molecule has 3 aromatic rings. The van der Waals surface area contributed by atoms with Crippen molar-refractivity contribution in [2.45, 2.75) is 20.4 Å². The van der Waals surface area contributed by atoms with Crippen LogP contribution in [0.4, 0.5) is 0 Å². The number of fused-ring (bicyclic) bond motifs is 3. The van der Waals surface area contributed by atoms with E-state index in [1.165, 1.54) is 15.9 Å². The molecule has 0 spiro atoms. The fourth-order valence-corrected chi connectivity index (χ4v) is 3.92. The number of hydrogen-bond acceptors (Lipinski definition) is 6. The number of aromatic amines is 1. The molecule has 8 heteroatoms. The lowest BCUT2D eigenvalue weighted by molar-refractivity contribution is 0.573. The van der Waals surface area contributed by atoms with Crippen molar-refractivity contribution in [3.63, 3.8) is 0 Å². The first-order chi connectivity index (χ1) is 11.0. The second-order valence-electron chi connectivity index (χ2n) is 5.49. The van der Waals surface area contributed by atoms with Crippen molar-refractivity contribution in [2.24, 2.45) is 5.73 Å². The Balaban J connectivity index is 2.16. The van der Waals surface area contributed by atoms with Crippen molar-refractivity contribution in [3.05, 3.63) is 38.2 Å². The van der Waals surface area contributed by atoms with Crippen molar-refractivity contribution >= 4 is 31.8 Å². The van der Waals surface area contributed by atoms with Gasteiger partial charge in [0.2, 0.25) is 0 Å². The minimum atomic E-state index is -0.392. The van der Waals surface area contributed by atoms with E-state index in [2.05, 4.69) is 15.3 Å². The Morgan fingerprint density at radius 3 is 2.87 bits per heavy atom. The summed E-state index contributed by atoms with van der Waals surface area (Å²) >= 11 is 1.33. The number of H-pyrrole nitrogens is 1. The number of nitrogens with one attached hydrogen (secondary N) is 2. The quantitative estimate of drug-likeness (QED) is 0.588. The van der Waals surface area contributed by atoms with Gasteiger partial charge in [-0.25, -0.2) is 9.78 Å². The maximum Gasteiger partial charge on any atom is 0.328 e. The molecule has 0 atom stereocenters. The molecule has 3 rings (SSSR count). The molecule has 7 nitrogen and oxygen atoms in total. The van der Waals surface area contributed by atoms with E-state index < -0.39 is 5.69 Å². The van der Waals surface area contributed by atoms with Gasteiger partial charge in [-0.2, -0.15) is 0 Å². The van der Waals surface area contributed by atoms with E-state index >= 15 is 0 Å². The number of hydrogen-bond donors (Lipinski definition) is 3. The summed E-state index contributed by atoms with van der Waals surface area (Å²) in [5.41, 5.74) is 7.25. The molecular weight excluding hydrogens is 314 g/mol. The summed E-state index contributed by atoms with van der Waals surface area (Å²) in [7, 11) is 0. The molecule has 0 fully saturated rings. The van der Waals surface area contributed by atoms with Crippen LogP contribution in [0.15, 0.2) is 15.7 Å². The third kappa shape index (κ3) is 2.80. The van der Waals surface area contributed by atoms with Crippen LogP contribution in [-0.2, 0) is 6.54 Å². The molecule has 0 aliphatic heterocycles. The first-order valence-corrected chi connectivity index (χ1v) is 8.29. The van der Waals surface area contributed by atoms with Gasteiger partial charge in [0.05, 0.1) is 5.52 Å². The average molecular weight is 333 g/mol. The summed E-state index contributed by atoms with van der Waals surface area (Å²) in [6.07, 6.45) is 0. The molecule has 0 aliphatic rings. The molecule has 0 aromatic carbocycles. The number of aromatic nitrogens is 3. The molecule has 0 amide bonds. The Bertz CT molecular complexity index is 985. The number of pyridine rings is 1. The number of nitrogens with two attached hydrogens (primary N) is 1. The van der Waals surface area contributed by atoms with Gasteiger partial charge in [0.1, 0.15) is 9.53 Å². The zero-order chi connectivity index (χ0) is 16.6. The molecule has 0 aliphatic carbocycles. The minimum Gasteiger partial charge on any atom is -0.329 e. The van der Waals surface area contributed by atoms with Gasteiger partial charge in [-0.3, -0.25) is 9.36 Å². The van der Waals surface area contributed by atoms with Crippen molar-refractivity contribution in [2.75, 3.05) is 19.6 Å². The predicted molar refractivity (Wildman–Crippen MR) is 93.4 cm³/mol. The summed E-state index contributed by atoms with van der Waals surface area (Å²) in [6.45, 7) is 5.88. The maximum atomic E-state index is 12.7. The van der Waals surface area contributed by atoms with Gasteiger partial charge in [0.25, 0.3) is 5.56 Å². The maximum absolute atomic E-state index is 12.7. The van der Waals surface area contributed by atoms with E-state index in [4.69, 9.17) is 5.73 Å². The molecule has 4 N–H and O–H groups in total. The largest absolute Gasteiger partial charge is 0.329 e. The van der Waals surface area contributed by atoms with Gasteiger partial charge >= 0.3 is 5.69 Å². The number of rotatable bonds is 5. The van der Waals surface area contributed by atoms with E-state index in [1.807, 2.05) is 19.9 Å². The Hall–Kier alpha value is -2.03. The zero-order valence-electron chi connectivity index (χ0n) is 13.1. The van der Waals surface area contributed by atoms with Crippen molar-refractivity contribution in [1.29, 1.82) is 0 Å². The number of thiophene rings is 1. The SMILES string of the molecule is Cc1cc(C)c2c(n1)sc1c(=O)n(CCNCCN)c(=O)[nH]c12. The summed E-state index contributed by atoms with van der Waals surface area (Å²) in [4.78, 5) is 33.0. The van der Waals surface area contributed by atoms with Crippen LogP contribution in [-0.4, -0.2) is 34.2 Å². The van der Waals surface area contributed by atoms with Crippen LogP contribution in [0.1, 0.15) is 11.3 Å². The van der Waals surface area contributed by atoms with Gasteiger partial charge in [-0.1, -0.05) is 0 Å². The fraction of sp³-hybridized carbons (Fsp3) is 0.400. The number of aryl methyl sites for hydroxylation is 2. The van der Waals surface area contributed by atoms with Gasteiger partial charge in [-0.05, 0) is 25.5 Å². The molecule has 3 aromatic heterocycles. The predicted octanol–water partition coefficient (Wildman–Crippen LogP) is 0.465. The van der Waals surface area contributed by atoms with Gasteiger partial charge < -0.3 is 16.0 Å². The van der Waals surface area contributed by atoms with Crippen LogP contribution in [0.5, 0.6) is 0 Å². The molecule has 0 saturated carbocycles. The summed E-state index contributed by atoms with van der Waals surface area (Å²) in [6, 6.07) is 1.95. The Kier molecular flexibility index (Phi) is 4.29. The third-order valence-electron chi connectivity index (χ3n) is 3.74. The monoisotopic (exact) mass is 333 g/mol. The zero-order valence-corrected chi connectivity index (χ0v) is 13.9. The highest BCUT2D eigenvalue weighted by Gasteiger charge is 2.15. The first-order valence-electron chi connectivity index (χ1n) is 7.47. The van der Waals surface area contributed by atoms with Gasteiger partial charge in [0, 0.05) is 37.3 Å². The van der Waals surface area contributed by atoms with E-state index in [1.54, 1.807) is 0 Å². The Morgan fingerprint density at radius 2 is 2.13 bits per heavy atom. The highest BCUT2D eigenvalue weighted by Crippen LogP contribution is 2.31. The molecule has 0 saturated heterocycles. The van der Waals surface area contributed by atoms with Crippen LogP contribution < -0.4 is 22.3 Å². The molecule has 122 valence electrons. The second-order valence-corrected chi connectivity index (χ2v) is 6.49. The topological polar surface area (TPSA) is 106 Å². The van der Waals surface area contributed by atoms with Gasteiger partial charge in [-0.15, -0.1) is 11.3 Å². The Labute approximate surface area is 136 Å². The highest BCUT2D eigenvalue weighted by atomic mass is 32.1. The second kappa shape index (κ2) is 6.23. The Morgan fingerprint density at radius 1 is 1.35 bits per heavy atom. The van der Waals surface area contributed by atoms with Gasteiger partial charge in [0.15, 0.2) is 0 Å². The summed E-state index contributed by atoms with van der Waals surface area (Å²) in [5.74, 6) is 0. The molecule has 3 heterocycles. The van der Waals surface area contributed by atoms with Crippen LogP contribution in [0, 0.1) is 13.8 Å². The lowest BCUT2D eigenvalue weighted by Gasteiger charge is -2.06. The molecular formula is C15H19N5O2S. The molecule has 0 bridgehead atoms. The first kappa shape index (κ1) is 15.9. The van der Waals surface area contributed by atoms with E-state index in [0.717, 1.165) is 21.5 Å². The summed E-state index contributed by atoms with van der Waals surface area (Å²) in [5, 5.41) is 3.94. The minimum absolute atomic E-state index is 0.265. The molecule has 0 radical (unpaired) electrons. The van der Waals surface area contributed by atoms with Crippen LogP contribution >= 0.6 is 11.3 Å². The highest BCUT2D eigenvalue weighted by molar-refractivity contribution is 7.25. The standard InChI is InChI=1S/C15H19N5O2S/c1-8-7-9(2)18-13-10(8)11-12(23-13)14(21)20(15(22)19-11)6-5-17-4-3-16/h7,17H,3-6,16H2,1-2H3,(H,19,22). The number of nitrogens with zero attached hydrogens (tertiary/aromatic N) is 2. The van der Waals surface area contributed by atoms with Crippen LogP contribution in [0.25, 0.3) is 20.4 Å². The van der Waals surface area contributed by atoms with Crippen LogP contribution in [0.2, 0.25) is 0 Å². The van der Waals surface area contributed by atoms with Crippen molar-refractivity contribution < 1.29 is 0 Å². The fourth-order valence-electron chi connectivity index (χ4n) is 2.72. The van der Waals surface area contributed by atoms with E-state index in [-0.39, 0.29) is 5.56 Å². The van der Waals surface area contributed by atoms with E-state index in [9.17, 15) is 9.59 Å². The molecule has 0 unspecified atom stereocenters. The average Bonchev–Trinajstić information content (AvgIpc) is 2.85.